The molecule has 0 unspecified atom stereocenters. The lowest BCUT2D eigenvalue weighted by molar-refractivity contribution is -0.115. The van der Waals surface area contributed by atoms with Crippen molar-refractivity contribution in [2.75, 3.05) is 11.1 Å². The van der Waals surface area contributed by atoms with Gasteiger partial charge in [0.25, 0.3) is 0 Å². The molecule has 3 nitrogen and oxygen atoms in total. The molecule has 0 aliphatic heterocycles. The third-order valence-corrected chi connectivity index (χ3v) is 2.99. The molecular weight excluding hydrogens is 286 g/mol. The first-order valence-corrected chi connectivity index (χ1v) is 6.13. The third-order valence-electron chi connectivity index (χ3n) is 2.67. The predicted molar refractivity (Wildman–Crippen MR) is 74.6 cm³/mol. The normalized spacial score (nSPS) is 10.3. The Hall–Kier alpha value is -2.14. The van der Waals surface area contributed by atoms with E-state index in [9.17, 15) is 13.6 Å². The van der Waals surface area contributed by atoms with E-state index in [-0.39, 0.29) is 12.0 Å². The van der Waals surface area contributed by atoms with Crippen LogP contribution in [0.5, 0.6) is 0 Å². The maximum atomic E-state index is 13.4. The number of carbonyl (C=O) groups is 1. The van der Waals surface area contributed by atoms with Gasteiger partial charge in [-0.2, -0.15) is 0 Å². The lowest BCUT2D eigenvalue weighted by atomic mass is 10.1. The molecule has 3 N–H and O–H groups in total. The van der Waals surface area contributed by atoms with E-state index in [4.69, 9.17) is 17.3 Å². The second-order valence-electron chi connectivity index (χ2n) is 4.17. The number of hydrogen-bond acceptors (Lipinski definition) is 2. The van der Waals surface area contributed by atoms with Gasteiger partial charge < -0.3 is 11.1 Å². The zero-order valence-electron chi connectivity index (χ0n) is 10.3. The van der Waals surface area contributed by atoms with E-state index < -0.39 is 17.5 Å². The van der Waals surface area contributed by atoms with E-state index in [1.165, 1.54) is 18.2 Å². The maximum Gasteiger partial charge on any atom is 0.228 e. The van der Waals surface area contributed by atoms with Crippen LogP contribution in [-0.2, 0) is 11.2 Å². The van der Waals surface area contributed by atoms with Gasteiger partial charge >= 0.3 is 0 Å². The molecule has 0 aliphatic carbocycles. The van der Waals surface area contributed by atoms with Gasteiger partial charge in [-0.25, -0.2) is 8.78 Å². The lowest BCUT2D eigenvalue weighted by Gasteiger charge is -2.07. The smallest absolute Gasteiger partial charge is 0.228 e. The molecule has 0 fully saturated rings. The van der Waals surface area contributed by atoms with Gasteiger partial charge in [0, 0.05) is 11.3 Å². The zero-order valence-corrected chi connectivity index (χ0v) is 11.0. The van der Waals surface area contributed by atoms with Crippen molar-refractivity contribution < 1.29 is 13.6 Å². The highest BCUT2D eigenvalue weighted by molar-refractivity contribution is 6.33. The van der Waals surface area contributed by atoms with Gasteiger partial charge in [0.15, 0.2) is 11.6 Å². The number of anilines is 2. The Balaban J connectivity index is 2.09. The maximum absolute atomic E-state index is 13.4. The van der Waals surface area contributed by atoms with Crippen molar-refractivity contribution in [2.24, 2.45) is 0 Å². The Morgan fingerprint density at radius 3 is 2.70 bits per heavy atom. The van der Waals surface area contributed by atoms with Crippen LogP contribution in [0.1, 0.15) is 5.56 Å². The molecule has 0 spiro atoms. The quantitative estimate of drug-likeness (QED) is 0.853. The average Bonchev–Trinajstić information content (AvgIpc) is 2.39. The molecule has 1 amide bonds. The highest BCUT2D eigenvalue weighted by atomic mass is 35.5. The summed E-state index contributed by atoms with van der Waals surface area (Å²) in [6.07, 6.45) is -0.272. The minimum atomic E-state index is -1.02. The van der Waals surface area contributed by atoms with Crippen LogP contribution in [0.25, 0.3) is 0 Å². The molecule has 0 aromatic heterocycles. The molecule has 104 valence electrons. The number of carbonyl (C=O) groups excluding carboxylic acids is 1. The van der Waals surface area contributed by atoms with Crippen molar-refractivity contribution in [1.82, 2.24) is 0 Å². The molecule has 0 aliphatic rings. The fourth-order valence-corrected chi connectivity index (χ4v) is 1.85. The summed E-state index contributed by atoms with van der Waals surface area (Å²) in [5, 5.41) is 2.84. The van der Waals surface area contributed by atoms with Gasteiger partial charge in [0.1, 0.15) is 0 Å². The van der Waals surface area contributed by atoms with Gasteiger partial charge in [-0.05, 0) is 24.3 Å². The monoisotopic (exact) mass is 296 g/mol. The van der Waals surface area contributed by atoms with Crippen LogP contribution in [0.2, 0.25) is 5.02 Å². The number of benzene rings is 2. The molecule has 20 heavy (non-hydrogen) atoms. The summed E-state index contributed by atoms with van der Waals surface area (Å²) in [5.74, 6) is -2.47. The number of rotatable bonds is 3. The molecule has 2 aromatic rings. The van der Waals surface area contributed by atoms with Crippen LogP contribution in [0, 0.1) is 11.6 Å². The van der Waals surface area contributed by atoms with Crippen molar-refractivity contribution in [1.29, 1.82) is 0 Å². The first kappa shape index (κ1) is 14.3. The molecule has 0 radical (unpaired) electrons. The van der Waals surface area contributed by atoms with Crippen molar-refractivity contribution in [3.63, 3.8) is 0 Å². The minimum absolute atomic E-state index is 0.0101. The largest absolute Gasteiger partial charge is 0.398 e. The standard InChI is InChI=1S/C14H11ClF2N2O/c15-10-7-9(4-5-12(10)18)19-13(20)6-8-2-1-3-11(16)14(8)17/h1-5,7H,6,18H2,(H,19,20). The van der Waals surface area contributed by atoms with Gasteiger partial charge in [0.05, 0.1) is 17.1 Å². The van der Waals surface area contributed by atoms with Crippen molar-refractivity contribution >= 4 is 28.9 Å². The molecule has 0 atom stereocenters. The first-order chi connectivity index (χ1) is 9.47. The topological polar surface area (TPSA) is 55.1 Å². The zero-order chi connectivity index (χ0) is 14.7. The highest BCUT2D eigenvalue weighted by Gasteiger charge is 2.12. The van der Waals surface area contributed by atoms with Crippen LogP contribution in [0.15, 0.2) is 36.4 Å². The minimum Gasteiger partial charge on any atom is -0.398 e. The van der Waals surface area contributed by atoms with Crippen LogP contribution >= 0.6 is 11.6 Å². The number of halogens is 3. The molecule has 2 rings (SSSR count). The third kappa shape index (κ3) is 3.24. The predicted octanol–water partition coefficient (Wildman–Crippen LogP) is 3.38. The van der Waals surface area contributed by atoms with E-state index in [1.54, 1.807) is 12.1 Å². The van der Waals surface area contributed by atoms with Crippen LogP contribution in [0.4, 0.5) is 20.2 Å². The molecule has 0 heterocycles. The van der Waals surface area contributed by atoms with Crippen LogP contribution in [-0.4, -0.2) is 5.91 Å². The van der Waals surface area contributed by atoms with Crippen molar-refractivity contribution in [3.8, 4) is 0 Å². The number of hydrogen-bond donors (Lipinski definition) is 2. The molecule has 0 saturated heterocycles. The second-order valence-corrected chi connectivity index (χ2v) is 4.58. The van der Waals surface area contributed by atoms with E-state index in [1.807, 2.05) is 0 Å². The Labute approximate surface area is 119 Å². The Kier molecular flexibility index (Phi) is 4.20. The summed E-state index contributed by atoms with van der Waals surface area (Å²) in [5.41, 5.74) is 6.36. The fourth-order valence-electron chi connectivity index (χ4n) is 1.67. The van der Waals surface area contributed by atoms with Gasteiger partial charge in [-0.15, -0.1) is 0 Å². The summed E-state index contributed by atoms with van der Waals surface area (Å²) in [4.78, 5) is 11.8. The molecule has 0 bridgehead atoms. The number of amides is 1. The van der Waals surface area contributed by atoms with Crippen LogP contribution < -0.4 is 11.1 Å². The van der Waals surface area contributed by atoms with E-state index in [0.29, 0.717) is 16.4 Å². The van der Waals surface area contributed by atoms with Crippen molar-refractivity contribution in [3.05, 3.63) is 58.6 Å². The fraction of sp³-hybridized carbons (Fsp3) is 0.0714. The van der Waals surface area contributed by atoms with E-state index >= 15 is 0 Å². The van der Waals surface area contributed by atoms with Crippen molar-refractivity contribution in [2.45, 2.75) is 6.42 Å². The van der Waals surface area contributed by atoms with E-state index in [0.717, 1.165) is 6.07 Å². The Morgan fingerprint density at radius 1 is 1.25 bits per heavy atom. The average molecular weight is 297 g/mol. The van der Waals surface area contributed by atoms with Gasteiger partial charge in [0.2, 0.25) is 5.91 Å². The summed E-state index contributed by atoms with van der Waals surface area (Å²) < 4.78 is 26.4. The Morgan fingerprint density at radius 2 is 2.00 bits per heavy atom. The summed E-state index contributed by atoms with van der Waals surface area (Å²) >= 11 is 5.82. The van der Waals surface area contributed by atoms with E-state index in [2.05, 4.69) is 5.32 Å². The van der Waals surface area contributed by atoms with Gasteiger partial charge in [-0.3, -0.25) is 4.79 Å². The first-order valence-electron chi connectivity index (χ1n) is 5.75. The molecule has 2 aromatic carbocycles. The Bertz CT molecular complexity index is 662. The summed E-state index contributed by atoms with van der Waals surface area (Å²) in [6, 6.07) is 8.30. The van der Waals surface area contributed by atoms with Crippen LogP contribution in [0.3, 0.4) is 0 Å². The number of nitrogens with one attached hydrogen (secondary N) is 1. The molecule has 6 heteroatoms. The number of nitrogen functional groups attached to an aromatic ring is 1. The second kappa shape index (κ2) is 5.88. The SMILES string of the molecule is Nc1ccc(NC(=O)Cc2cccc(F)c2F)cc1Cl. The molecule has 0 saturated carbocycles. The van der Waals surface area contributed by atoms with Gasteiger partial charge in [-0.1, -0.05) is 23.7 Å². The number of nitrogens with two attached hydrogens (primary N) is 1. The molecular formula is C14H11ClF2N2O. The highest BCUT2D eigenvalue weighted by Crippen LogP contribution is 2.22. The lowest BCUT2D eigenvalue weighted by Crippen LogP contribution is -2.15. The summed E-state index contributed by atoms with van der Waals surface area (Å²) in [7, 11) is 0. The summed E-state index contributed by atoms with van der Waals surface area (Å²) in [6.45, 7) is 0.